The van der Waals surface area contributed by atoms with Crippen LogP contribution in [0.1, 0.15) is 13.8 Å². The van der Waals surface area contributed by atoms with Gasteiger partial charge in [-0.3, -0.25) is 4.79 Å². The molecule has 0 saturated heterocycles. The topological polar surface area (TPSA) is 17.1 Å². The van der Waals surface area contributed by atoms with Crippen molar-refractivity contribution in [2.24, 2.45) is 5.41 Å². The van der Waals surface area contributed by atoms with E-state index in [1.54, 1.807) is 0 Å². The molecule has 0 bridgehead atoms. The molecule has 1 aliphatic carbocycles. The predicted octanol–water partition coefficient (Wildman–Crippen LogP) is 2.99. The monoisotopic (exact) mass is 226 g/mol. The van der Waals surface area contributed by atoms with Gasteiger partial charge in [-0.1, -0.05) is 54.1 Å². The van der Waals surface area contributed by atoms with Crippen LogP contribution < -0.4 is 0 Å². The third-order valence-corrected chi connectivity index (χ3v) is 2.48. The summed E-state index contributed by atoms with van der Waals surface area (Å²) in [4.78, 5) is 10.6. The summed E-state index contributed by atoms with van der Waals surface area (Å²) in [5.74, 6) is 0. The van der Waals surface area contributed by atoms with Crippen LogP contribution in [0.2, 0.25) is 0 Å². The van der Waals surface area contributed by atoms with E-state index in [0.29, 0.717) is 5.57 Å². The Morgan fingerprint density at radius 2 is 1.92 bits per heavy atom. The Morgan fingerprint density at radius 3 is 2.50 bits per heavy atom. The highest BCUT2D eigenvalue weighted by molar-refractivity contribution is 9.12. The third kappa shape index (κ3) is 2.18. The molecule has 0 heterocycles. The molecule has 12 heavy (non-hydrogen) atoms. The Labute approximate surface area is 81.0 Å². The van der Waals surface area contributed by atoms with E-state index in [-0.39, 0.29) is 5.41 Å². The fraction of sp³-hybridized carbons (Fsp3) is 0.300. The van der Waals surface area contributed by atoms with Crippen LogP contribution in [0.25, 0.3) is 0 Å². The van der Waals surface area contributed by atoms with Crippen molar-refractivity contribution in [3.8, 4) is 0 Å². The zero-order valence-electron chi connectivity index (χ0n) is 7.17. The maximum absolute atomic E-state index is 10.6. The molecule has 0 spiro atoms. The second kappa shape index (κ2) is 3.40. The zero-order valence-corrected chi connectivity index (χ0v) is 8.76. The Bertz CT molecular complexity index is 282. The number of carbonyl (C=O) groups is 1. The average molecular weight is 227 g/mol. The van der Waals surface area contributed by atoms with E-state index in [2.05, 4.69) is 35.9 Å². The van der Waals surface area contributed by atoms with Crippen molar-refractivity contribution in [2.75, 3.05) is 0 Å². The molecule has 0 fully saturated rings. The molecular weight excluding hydrogens is 216 g/mol. The van der Waals surface area contributed by atoms with E-state index >= 15 is 0 Å². The fourth-order valence-electron chi connectivity index (χ4n) is 0.919. The second-order valence-electron chi connectivity index (χ2n) is 3.41. The minimum Gasteiger partial charge on any atom is -0.298 e. The van der Waals surface area contributed by atoms with E-state index in [1.807, 2.05) is 18.2 Å². The van der Waals surface area contributed by atoms with Gasteiger partial charge in [0.15, 0.2) is 6.29 Å². The van der Waals surface area contributed by atoms with Crippen molar-refractivity contribution in [1.29, 1.82) is 0 Å². The van der Waals surface area contributed by atoms with Gasteiger partial charge in [0.05, 0.1) is 0 Å². The molecule has 2 heteroatoms. The molecule has 0 unspecified atom stereocenters. The van der Waals surface area contributed by atoms with Crippen LogP contribution in [0.5, 0.6) is 0 Å². The van der Waals surface area contributed by atoms with Gasteiger partial charge in [-0.2, -0.15) is 0 Å². The fourth-order valence-corrected chi connectivity index (χ4v) is 1.28. The highest BCUT2D eigenvalue weighted by Gasteiger charge is 2.12. The van der Waals surface area contributed by atoms with E-state index < -0.39 is 0 Å². The van der Waals surface area contributed by atoms with Gasteiger partial charge in [-0.15, -0.1) is 0 Å². The van der Waals surface area contributed by atoms with Crippen molar-refractivity contribution in [2.45, 2.75) is 13.8 Å². The van der Waals surface area contributed by atoms with Gasteiger partial charge < -0.3 is 0 Å². The smallest absolute Gasteiger partial charge is 0.151 e. The van der Waals surface area contributed by atoms with Gasteiger partial charge in [-0.05, 0) is 0 Å². The van der Waals surface area contributed by atoms with Gasteiger partial charge in [0.1, 0.15) is 0 Å². The van der Waals surface area contributed by atoms with E-state index in [1.165, 1.54) is 0 Å². The average Bonchev–Trinajstić information content (AvgIpc) is 2.13. The second-order valence-corrected chi connectivity index (χ2v) is 4.26. The molecular formula is C10H11BrO. The molecule has 0 atom stereocenters. The summed E-state index contributed by atoms with van der Waals surface area (Å²) in [6.07, 6.45) is 8.69. The first kappa shape index (κ1) is 9.46. The summed E-state index contributed by atoms with van der Waals surface area (Å²) in [6.45, 7) is 4.18. The van der Waals surface area contributed by atoms with Gasteiger partial charge in [-0.25, -0.2) is 0 Å². The molecule has 64 valence electrons. The quantitative estimate of drug-likeness (QED) is 0.629. The molecule has 0 aliphatic heterocycles. The highest BCUT2D eigenvalue weighted by atomic mass is 79.9. The third-order valence-electron chi connectivity index (χ3n) is 1.75. The van der Waals surface area contributed by atoms with Crippen LogP contribution in [0.15, 0.2) is 34.4 Å². The number of carbonyl (C=O) groups excluding carboxylic acids is 1. The summed E-state index contributed by atoms with van der Waals surface area (Å²) < 4.78 is 0.847. The van der Waals surface area contributed by atoms with Gasteiger partial charge in [0.25, 0.3) is 0 Å². The number of rotatable bonds is 1. The predicted molar refractivity (Wildman–Crippen MR) is 54.1 cm³/mol. The first-order valence-electron chi connectivity index (χ1n) is 3.78. The van der Waals surface area contributed by atoms with Gasteiger partial charge >= 0.3 is 0 Å². The summed E-state index contributed by atoms with van der Waals surface area (Å²) in [5.41, 5.74) is 0.723. The normalized spacial score (nSPS) is 20.9. The zero-order chi connectivity index (χ0) is 9.19. The first-order chi connectivity index (χ1) is 5.55. The van der Waals surface area contributed by atoms with Crippen LogP contribution in [-0.4, -0.2) is 6.29 Å². The van der Waals surface area contributed by atoms with Crippen LogP contribution in [0.3, 0.4) is 0 Å². The molecule has 0 amide bonds. The largest absolute Gasteiger partial charge is 0.298 e. The molecule has 1 nitrogen and oxygen atoms in total. The van der Waals surface area contributed by atoms with Crippen molar-refractivity contribution >= 4 is 22.2 Å². The summed E-state index contributed by atoms with van der Waals surface area (Å²) in [7, 11) is 0. The maximum Gasteiger partial charge on any atom is 0.151 e. The Balaban J connectivity index is 3.07. The molecule has 0 aromatic carbocycles. The Hall–Kier alpha value is -0.630. The van der Waals surface area contributed by atoms with Crippen molar-refractivity contribution in [3.05, 3.63) is 34.4 Å². The van der Waals surface area contributed by atoms with Gasteiger partial charge in [0, 0.05) is 15.5 Å². The lowest BCUT2D eigenvalue weighted by Gasteiger charge is -2.12. The number of halogens is 1. The van der Waals surface area contributed by atoms with Crippen LogP contribution in [0, 0.1) is 5.41 Å². The Kier molecular flexibility index (Phi) is 2.68. The van der Waals surface area contributed by atoms with E-state index in [9.17, 15) is 4.79 Å². The molecule has 0 aromatic heterocycles. The number of hydrogen-bond acceptors (Lipinski definition) is 1. The van der Waals surface area contributed by atoms with E-state index in [4.69, 9.17) is 0 Å². The molecule has 0 N–H and O–H groups in total. The highest BCUT2D eigenvalue weighted by Crippen LogP contribution is 2.26. The van der Waals surface area contributed by atoms with Crippen LogP contribution in [0.4, 0.5) is 0 Å². The van der Waals surface area contributed by atoms with E-state index in [0.717, 1.165) is 10.8 Å². The SMILES string of the molecule is CC1(C)C=CC(Br)=C(C=O)C=C1. The minimum atomic E-state index is 0.0315. The van der Waals surface area contributed by atoms with Crippen molar-refractivity contribution in [1.82, 2.24) is 0 Å². The molecule has 0 radical (unpaired) electrons. The van der Waals surface area contributed by atoms with Crippen LogP contribution >= 0.6 is 15.9 Å². The lowest BCUT2D eigenvalue weighted by atomic mass is 9.93. The number of allylic oxidation sites excluding steroid dienone is 6. The Morgan fingerprint density at radius 1 is 1.33 bits per heavy atom. The lowest BCUT2D eigenvalue weighted by Crippen LogP contribution is -2.00. The summed E-state index contributed by atoms with van der Waals surface area (Å²) in [6, 6.07) is 0. The summed E-state index contributed by atoms with van der Waals surface area (Å²) >= 11 is 3.33. The minimum absolute atomic E-state index is 0.0315. The molecule has 0 saturated carbocycles. The number of hydrogen-bond donors (Lipinski definition) is 0. The standard InChI is InChI=1S/C10H11BrO/c1-10(2)5-3-8(7-12)9(11)4-6-10/h3-7H,1-2H3. The van der Waals surface area contributed by atoms with Crippen molar-refractivity contribution in [3.63, 3.8) is 0 Å². The first-order valence-corrected chi connectivity index (χ1v) is 4.58. The molecule has 0 aromatic rings. The van der Waals surface area contributed by atoms with Crippen LogP contribution in [-0.2, 0) is 4.79 Å². The number of aldehydes is 1. The van der Waals surface area contributed by atoms with Crippen molar-refractivity contribution < 1.29 is 4.79 Å². The summed E-state index contributed by atoms with van der Waals surface area (Å²) in [5, 5.41) is 0. The maximum atomic E-state index is 10.6. The van der Waals surface area contributed by atoms with Gasteiger partial charge in [0.2, 0.25) is 0 Å². The molecule has 1 rings (SSSR count). The lowest BCUT2D eigenvalue weighted by molar-refractivity contribution is -0.104. The molecule has 1 aliphatic rings.